The quantitative estimate of drug-likeness (QED) is 0.0653. The summed E-state index contributed by atoms with van der Waals surface area (Å²) in [5, 5.41) is 23.1. The highest BCUT2D eigenvalue weighted by Gasteiger charge is 2.32. The molecule has 2 aromatic rings. The highest BCUT2D eigenvalue weighted by molar-refractivity contribution is 5.99. The van der Waals surface area contributed by atoms with E-state index in [2.05, 4.69) is 15.6 Å². The number of ether oxygens (including phenoxy) is 1. The van der Waals surface area contributed by atoms with E-state index in [0.29, 0.717) is 56.5 Å². The van der Waals surface area contributed by atoms with Gasteiger partial charge in [0, 0.05) is 57.1 Å². The molecule has 1 saturated heterocycles. The Balaban J connectivity index is 0.000000760. The molecule has 2 aliphatic heterocycles. The van der Waals surface area contributed by atoms with Crippen molar-refractivity contribution in [3.05, 3.63) is 88.7 Å². The largest absolute Gasteiger partial charge is 0.506 e. The second-order valence-corrected chi connectivity index (χ2v) is 11.9. The number of aromatic nitrogens is 1. The zero-order valence-corrected chi connectivity index (χ0v) is 31.5. The Morgan fingerprint density at radius 2 is 1.77 bits per heavy atom. The number of rotatable bonds is 11. The number of carbonyl (C=O) groups excluding carboxylic acids is 3. The van der Waals surface area contributed by atoms with E-state index in [0.717, 1.165) is 47.6 Å². The second-order valence-electron chi connectivity index (χ2n) is 11.9. The highest BCUT2D eigenvalue weighted by Crippen LogP contribution is 2.34. The first-order chi connectivity index (χ1) is 25.2. The van der Waals surface area contributed by atoms with Crippen LogP contribution in [0.25, 0.3) is 0 Å². The number of hydrazine groups is 1. The number of allylic oxidation sites excluding steroid dienone is 3. The maximum absolute atomic E-state index is 13.9. The van der Waals surface area contributed by atoms with Crippen LogP contribution in [0.4, 0.5) is 18.9 Å². The van der Waals surface area contributed by atoms with E-state index in [1.165, 1.54) is 24.2 Å². The van der Waals surface area contributed by atoms with Crippen molar-refractivity contribution in [3.8, 4) is 5.75 Å². The topological polar surface area (TPSA) is 142 Å². The van der Waals surface area contributed by atoms with E-state index in [9.17, 15) is 32.7 Å². The number of anilines is 1. The molecule has 2 amide bonds. The number of hydrogen-bond acceptors (Lipinski definition) is 10. The average molecular weight is 749 g/mol. The highest BCUT2D eigenvalue weighted by atomic mass is 19.4. The predicted molar refractivity (Wildman–Crippen MR) is 194 cm³/mol. The molecule has 0 bridgehead atoms. The Hall–Kier alpha value is -5.09. The first kappa shape index (κ1) is 44.1. The summed E-state index contributed by atoms with van der Waals surface area (Å²) in [7, 11) is 5.40. The minimum Gasteiger partial charge on any atom is -0.506 e. The minimum atomic E-state index is -4.63. The number of piperazine rings is 1. The Morgan fingerprint density at radius 1 is 1.09 bits per heavy atom. The monoisotopic (exact) mass is 748 g/mol. The molecular weight excluding hydrogens is 695 g/mol. The lowest BCUT2D eigenvalue weighted by molar-refractivity contribution is -0.905. The van der Waals surface area contributed by atoms with Gasteiger partial charge in [-0.3, -0.25) is 24.6 Å². The number of aldehydes is 1. The number of halogens is 3. The number of hydrogen-bond donors (Lipinski definition) is 4. The van der Waals surface area contributed by atoms with Crippen LogP contribution in [-0.4, -0.2) is 115 Å². The number of pyridine rings is 1. The summed E-state index contributed by atoms with van der Waals surface area (Å²) in [5.74, 6) is -1.76. The van der Waals surface area contributed by atoms with Gasteiger partial charge in [0.2, 0.25) is 18.4 Å². The van der Waals surface area contributed by atoms with Gasteiger partial charge in [-0.05, 0) is 56.7 Å². The zero-order chi connectivity index (χ0) is 39.7. The number of nitrogens with one attached hydrogen (secondary N) is 2. The van der Waals surface area contributed by atoms with Crippen molar-refractivity contribution in [2.24, 2.45) is 0 Å². The van der Waals surface area contributed by atoms with Crippen molar-refractivity contribution in [1.82, 2.24) is 25.1 Å². The molecular formula is C37H53F3N7O6+. The molecule has 1 fully saturated rings. The fourth-order valence-corrected chi connectivity index (χ4v) is 5.41. The first-order valence-electron chi connectivity index (χ1n) is 17.4. The average Bonchev–Trinajstić information content (AvgIpc) is 3.14. The summed E-state index contributed by atoms with van der Waals surface area (Å²) in [5.41, 5.74) is 5.69. The summed E-state index contributed by atoms with van der Waals surface area (Å²) >= 11 is 0. The lowest BCUT2D eigenvalue weighted by atomic mass is 10.1. The van der Waals surface area contributed by atoms with Crippen LogP contribution >= 0.6 is 0 Å². The van der Waals surface area contributed by atoms with Crippen LogP contribution in [0.1, 0.15) is 56.6 Å². The molecule has 13 nitrogen and oxygen atoms in total. The Morgan fingerprint density at radius 3 is 2.28 bits per heavy atom. The van der Waals surface area contributed by atoms with E-state index >= 15 is 0 Å². The van der Waals surface area contributed by atoms with Crippen LogP contribution < -0.4 is 15.5 Å². The molecule has 292 valence electrons. The van der Waals surface area contributed by atoms with Crippen molar-refractivity contribution in [2.45, 2.75) is 46.7 Å². The van der Waals surface area contributed by atoms with Gasteiger partial charge in [0.15, 0.2) is 0 Å². The van der Waals surface area contributed by atoms with Crippen molar-refractivity contribution >= 4 is 23.8 Å². The van der Waals surface area contributed by atoms with E-state index in [1.54, 1.807) is 12.1 Å². The number of phenols is 1. The molecule has 0 spiro atoms. The van der Waals surface area contributed by atoms with Crippen molar-refractivity contribution < 1.29 is 47.3 Å². The van der Waals surface area contributed by atoms with E-state index in [-0.39, 0.29) is 23.8 Å². The Bertz CT molecular complexity index is 1620. The van der Waals surface area contributed by atoms with E-state index in [4.69, 9.17) is 9.94 Å². The van der Waals surface area contributed by atoms with Gasteiger partial charge in [-0.1, -0.05) is 32.9 Å². The molecule has 2 aliphatic rings. The third kappa shape index (κ3) is 13.1. The molecule has 1 aromatic carbocycles. The van der Waals surface area contributed by atoms with E-state index < -0.39 is 23.4 Å². The normalized spacial score (nSPS) is 15.3. The smallest absolute Gasteiger partial charge is 0.416 e. The summed E-state index contributed by atoms with van der Waals surface area (Å²) in [6, 6.07) is 7.12. The fourth-order valence-electron chi connectivity index (χ4n) is 5.41. The van der Waals surface area contributed by atoms with Gasteiger partial charge in [0.25, 0.3) is 11.6 Å². The SMILES string of the molecule is CC.CC=C(C1=CCOCC1)N(C)N/C(CC)=C(\C(=O)N(C)CC(=O)Nc1ccc(C(F)(F)F)cc1O)N1CCN(C)CC1.O=Cc1cccc[n+]1O. The van der Waals surface area contributed by atoms with Gasteiger partial charge in [-0.25, -0.2) is 0 Å². The minimum absolute atomic E-state index is 0.178. The molecule has 0 unspecified atom stereocenters. The third-order valence-corrected chi connectivity index (χ3v) is 8.21. The van der Waals surface area contributed by atoms with E-state index in [1.807, 2.05) is 63.9 Å². The Kier molecular flexibility index (Phi) is 17.8. The molecule has 0 saturated carbocycles. The zero-order valence-electron chi connectivity index (χ0n) is 31.5. The van der Waals surface area contributed by atoms with Crippen LogP contribution in [0.2, 0.25) is 0 Å². The maximum atomic E-state index is 13.9. The van der Waals surface area contributed by atoms with Crippen molar-refractivity contribution in [1.29, 1.82) is 0 Å². The summed E-state index contributed by atoms with van der Waals surface area (Å²) < 4.78 is 45.0. The maximum Gasteiger partial charge on any atom is 0.416 e. The first-order valence-corrected chi connectivity index (χ1v) is 17.4. The van der Waals surface area contributed by atoms with Crippen LogP contribution in [0.5, 0.6) is 5.75 Å². The third-order valence-electron chi connectivity index (χ3n) is 8.21. The molecule has 1 aromatic heterocycles. The number of amides is 2. The molecule has 0 atom stereocenters. The molecule has 53 heavy (non-hydrogen) atoms. The predicted octanol–water partition coefficient (Wildman–Crippen LogP) is 4.41. The molecule has 3 heterocycles. The van der Waals surface area contributed by atoms with Gasteiger partial charge in [0.1, 0.15) is 11.4 Å². The standard InChI is InChI=1S/C29H41F3N6O4.C6H6NO2.C2H6/c1-6-22(34-37(5)24(7-2)20-10-16-42-17-11-20)27(38-14-12-35(3)13-15-38)28(41)36(4)19-26(40)33-23-9-8-21(18-25(23)39)29(30,31)32;8-5-6-3-1-2-4-7(6)9;1-2/h7-10,18,34,39H,6,11-17,19H2,1-5H3,(H,33,40);1-5,9H;1-2H3/q;+1;/b24-7?,27-22+;;. The fraction of sp³-hybridized carbons (Fsp3) is 0.459. The van der Waals surface area contributed by atoms with Crippen molar-refractivity contribution in [2.75, 3.05) is 72.4 Å². The van der Waals surface area contributed by atoms with Gasteiger partial charge in [-0.15, -0.1) is 0 Å². The number of carbonyl (C=O) groups is 3. The van der Waals surface area contributed by atoms with Crippen LogP contribution in [0, 0.1) is 0 Å². The van der Waals surface area contributed by atoms with Gasteiger partial charge in [-0.2, -0.15) is 13.2 Å². The summed E-state index contributed by atoms with van der Waals surface area (Å²) in [6.07, 6.45) is 2.67. The number of benzene rings is 1. The summed E-state index contributed by atoms with van der Waals surface area (Å²) in [4.78, 5) is 42.2. The van der Waals surface area contributed by atoms with Crippen LogP contribution in [-0.2, 0) is 20.5 Å². The lowest BCUT2D eigenvalue weighted by Gasteiger charge is -2.38. The van der Waals surface area contributed by atoms with Crippen LogP contribution in [0.3, 0.4) is 0 Å². The van der Waals surface area contributed by atoms with Crippen molar-refractivity contribution in [3.63, 3.8) is 0 Å². The Labute approximate surface area is 309 Å². The second kappa shape index (κ2) is 21.4. The van der Waals surface area contributed by atoms with Gasteiger partial charge in [0.05, 0.1) is 42.4 Å². The van der Waals surface area contributed by atoms with Gasteiger partial charge >= 0.3 is 6.18 Å². The van der Waals surface area contributed by atoms with Crippen LogP contribution in [0.15, 0.2) is 77.4 Å². The van der Waals surface area contributed by atoms with Gasteiger partial charge < -0.3 is 35.3 Å². The molecule has 4 N–H and O–H groups in total. The number of phenolic OH excluding ortho intramolecular Hbond substituents is 1. The lowest BCUT2D eigenvalue weighted by Crippen LogP contribution is -2.49. The molecule has 0 radical (unpaired) electrons. The molecule has 4 rings (SSSR count). The number of alkyl halides is 3. The molecule has 0 aliphatic carbocycles. The number of aromatic hydroxyl groups is 1. The molecule has 16 heteroatoms. The number of likely N-dealkylation sites (N-methyl/N-ethyl adjacent to an activating group) is 3. The summed E-state index contributed by atoms with van der Waals surface area (Å²) in [6.45, 7) is 11.4. The number of nitrogens with zero attached hydrogens (tertiary/aromatic N) is 5.